The van der Waals surface area contributed by atoms with Crippen molar-refractivity contribution in [1.29, 1.82) is 0 Å². The Morgan fingerprint density at radius 3 is 2.58 bits per heavy atom. The average molecular weight is 369 g/mol. The third-order valence-corrected chi connectivity index (χ3v) is 5.39. The summed E-state index contributed by atoms with van der Waals surface area (Å²) < 4.78 is 0. The molecule has 0 bridgehead atoms. The second kappa shape index (κ2) is 8.41. The van der Waals surface area contributed by atoms with Crippen LogP contribution in [0.1, 0.15) is 34.3 Å². The molecule has 0 spiro atoms. The minimum atomic E-state index is -0.00598. The fraction of sp³-hybridized carbons (Fsp3) is 0.333. The quantitative estimate of drug-likeness (QED) is 0.728. The van der Waals surface area contributed by atoms with Gasteiger partial charge in [0.05, 0.1) is 0 Å². The van der Waals surface area contributed by atoms with Gasteiger partial charge in [0, 0.05) is 43.6 Å². The number of carbonyl (C=O) groups excluding carboxylic acids is 2. The number of thioether (sulfide) groups is 1. The average Bonchev–Trinajstić information content (AvgIpc) is 3.06. The maximum Gasteiger partial charge on any atom is 0.253 e. The summed E-state index contributed by atoms with van der Waals surface area (Å²) in [5.74, 6) is 0.195. The van der Waals surface area contributed by atoms with Crippen LogP contribution in [0.5, 0.6) is 0 Å². The zero-order chi connectivity index (χ0) is 18.5. The molecule has 0 atom stereocenters. The highest BCUT2D eigenvalue weighted by molar-refractivity contribution is 7.98. The minimum Gasteiger partial charge on any atom is -0.338 e. The summed E-state index contributed by atoms with van der Waals surface area (Å²) in [6.45, 7) is 1.96. The molecule has 1 saturated heterocycles. The first-order valence-corrected chi connectivity index (χ1v) is 10.0. The van der Waals surface area contributed by atoms with E-state index < -0.39 is 0 Å². The van der Waals surface area contributed by atoms with Gasteiger partial charge in [-0.3, -0.25) is 9.59 Å². The van der Waals surface area contributed by atoms with Crippen LogP contribution in [0.4, 0.5) is 0 Å². The monoisotopic (exact) mass is 368 g/mol. The number of likely N-dealkylation sites (tertiary alicyclic amines) is 1. The van der Waals surface area contributed by atoms with Crippen LogP contribution in [0.25, 0.3) is 0 Å². The number of nitrogens with zero attached hydrogens (tertiary/aromatic N) is 2. The molecule has 0 unspecified atom stereocenters. The van der Waals surface area contributed by atoms with Crippen molar-refractivity contribution in [2.75, 3.05) is 19.8 Å². The van der Waals surface area contributed by atoms with Gasteiger partial charge in [0.15, 0.2) is 0 Å². The maximum atomic E-state index is 12.8. The lowest BCUT2D eigenvalue weighted by Gasteiger charge is -2.19. The Hall–Kier alpha value is -2.27. The second-order valence-corrected chi connectivity index (χ2v) is 7.51. The van der Waals surface area contributed by atoms with Gasteiger partial charge in [-0.15, -0.1) is 11.8 Å². The molecule has 1 fully saturated rings. The van der Waals surface area contributed by atoms with E-state index in [2.05, 4.69) is 24.3 Å². The number of hydrogen-bond acceptors (Lipinski definition) is 3. The molecule has 1 aliphatic heterocycles. The van der Waals surface area contributed by atoms with E-state index in [4.69, 9.17) is 0 Å². The molecule has 2 amide bonds. The summed E-state index contributed by atoms with van der Waals surface area (Å²) in [5, 5.41) is 0. The largest absolute Gasteiger partial charge is 0.338 e. The van der Waals surface area contributed by atoms with Crippen molar-refractivity contribution in [2.45, 2.75) is 30.8 Å². The van der Waals surface area contributed by atoms with Gasteiger partial charge in [-0.2, -0.15) is 0 Å². The molecule has 0 aromatic heterocycles. The minimum absolute atomic E-state index is 0.00598. The fourth-order valence-corrected chi connectivity index (χ4v) is 3.60. The van der Waals surface area contributed by atoms with Gasteiger partial charge in [0.1, 0.15) is 0 Å². The van der Waals surface area contributed by atoms with E-state index in [9.17, 15) is 9.59 Å². The lowest BCUT2D eigenvalue weighted by molar-refractivity contribution is -0.128. The Balaban J connectivity index is 1.66. The van der Waals surface area contributed by atoms with Gasteiger partial charge in [0.2, 0.25) is 5.91 Å². The molecule has 3 rings (SSSR count). The van der Waals surface area contributed by atoms with E-state index in [-0.39, 0.29) is 11.8 Å². The summed E-state index contributed by atoms with van der Waals surface area (Å²) in [4.78, 5) is 29.4. The highest BCUT2D eigenvalue weighted by Gasteiger charge is 2.20. The van der Waals surface area contributed by atoms with Crippen LogP contribution in [0.2, 0.25) is 0 Å². The van der Waals surface area contributed by atoms with E-state index in [1.54, 1.807) is 16.7 Å². The van der Waals surface area contributed by atoms with Crippen LogP contribution in [0.15, 0.2) is 53.4 Å². The third kappa shape index (κ3) is 4.47. The number of rotatable bonds is 6. The van der Waals surface area contributed by atoms with Gasteiger partial charge in [0.25, 0.3) is 5.91 Å². The Labute approximate surface area is 159 Å². The number of hydrogen-bond donors (Lipinski definition) is 0. The van der Waals surface area contributed by atoms with Crippen molar-refractivity contribution < 1.29 is 9.59 Å². The molecule has 26 heavy (non-hydrogen) atoms. The Morgan fingerprint density at radius 2 is 1.92 bits per heavy atom. The number of carbonyl (C=O) groups is 2. The van der Waals surface area contributed by atoms with Gasteiger partial charge in [-0.1, -0.05) is 24.3 Å². The first kappa shape index (κ1) is 18.5. The predicted molar refractivity (Wildman–Crippen MR) is 105 cm³/mol. The first-order chi connectivity index (χ1) is 12.6. The predicted octanol–water partition coefficient (Wildman–Crippen LogP) is 3.80. The van der Waals surface area contributed by atoms with Crippen molar-refractivity contribution >= 4 is 23.6 Å². The third-order valence-electron chi connectivity index (χ3n) is 4.64. The Kier molecular flexibility index (Phi) is 5.99. The van der Waals surface area contributed by atoms with E-state index in [1.807, 2.05) is 42.5 Å². The standard InChI is InChI=1S/C21H24N2O2S/c1-22(14-16-8-10-19(26-2)11-9-16)21(25)18-6-3-5-17(13-18)15-23-12-4-7-20(23)24/h3,5-6,8-11,13H,4,7,12,14-15H2,1-2H3. The topological polar surface area (TPSA) is 40.6 Å². The summed E-state index contributed by atoms with van der Waals surface area (Å²) in [6.07, 6.45) is 3.61. The Bertz CT molecular complexity index is 789. The molecule has 0 aliphatic carbocycles. The summed E-state index contributed by atoms with van der Waals surface area (Å²) in [6, 6.07) is 15.9. The molecular formula is C21H24N2O2S. The smallest absolute Gasteiger partial charge is 0.253 e. The van der Waals surface area contributed by atoms with Crippen molar-refractivity contribution in [3.63, 3.8) is 0 Å². The zero-order valence-corrected chi connectivity index (χ0v) is 16.1. The molecule has 0 radical (unpaired) electrons. The summed E-state index contributed by atoms with van der Waals surface area (Å²) >= 11 is 1.71. The van der Waals surface area contributed by atoms with Crippen LogP contribution in [0.3, 0.4) is 0 Å². The van der Waals surface area contributed by atoms with Gasteiger partial charge in [-0.25, -0.2) is 0 Å². The van der Waals surface area contributed by atoms with E-state index in [0.29, 0.717) is 25.1 Å². The normalized spacial score (nSPS) is 13.9. The van der Waals surface area contributed by atoms with Crippen LogP contribution in [-0.4, -0.2) is 41.5 Å². The molecule has 4 nitrogen and oxygen atoms in total. The lowest BCUT2D eigenvalue weighted by Crippen LogP contribution is -2.27. The molecule has 1 aliphatic rings. The number of benzene rings is 2. The van der Waals surface area contributed by atoms with Crippen LogP contribution < -0.4 is 0 Å². The molecule has 2 aromatic rings. The highest BCUT2D eigenvalue weighted by Crippen LogP contribution is 2.18. The van der Waals surface area contributed by atoms with Crippen molar-refractivity contribution in [1.82, 2.24) is 9.80 Å². The molecule has 136 valence electrons. The van der Waals surface area contributed by atoms with E-state index in [0.717, 1.165) is 24.1 Å². The molecule has 0 N–H and O–H groups in total. The van der Waals surface area contributed by atoms with E-state index >= 15 is 0 Å². The highest BCUT2D eigenvalue weighted by atomic mass is 32.2. The maximum absolute atomic E-state index is 12.8. The molecule has 5 heteroatoms. The SMILES string of the molecule is CSc1ccc(CN(C)C(=O)c2cccc(CN3CCCC3=O)c2)cc1. The van der Waals surface area contributed by atoms with Crippen LogP contribution in [0, 0.1) is 0 Å². The molecular weight excluding hydrogens is 344 g/mol. The van der Waals surface area contributed by atoms with E-state index in [1.165, 1.54) is 4.90 Å². The summed E-state index contributed by atoms with van der Waals surface area (Å²) in [5.41, 5.74) is 2.78. The van der Waals surface area contributed by atoms with Crippen LogP contribution >= 0.6 is 11.8 Å². The fourth-order valence-electron chi connectivity index (χ4n) is 3.19. The first-order valence-electron chi connectivity index (χ1n) is 8.82. The van der Waals surface area contributed by atoms with Crippen molar-refractivity contribution in [3.05, 3.63) is 65.2 Å². The van der Waals surface area contributed by atoms with Gasteiger partial charge < -0.3 is 9.80 Å². The second-order valence-electron chi connectivity index (χ2n) is 6.63. The molecule has 2 aromatic carbocycles. The number of amides is 2. The Morgan fingerprint density at radius 1 is 1.15 bits per heavy atom. The van der Waals surface area contributed by atoms with Crippen LogP contribution in [-0.2, 0) is 17.9 Å². The molecule has 1 heterocycles. The van der Waals surface area contributed by atoms with Gasteiger partial charge in [-0.05, 0) is 48.1 Å². The molecule has 0 saturated carbocycles. The summed E-state index contributed by atoms with van der Waals surface area (Å²) in [7, 11) is 1.82. The van der Waals surface area contributed by atoms with Gasteiger partial charge >= 0.3 is 0 Å². The lowest BCUT2D eigenvalue weighted by atomic mass is 10.1. The van der Waals surface area contributed by atoms with Crippen molar-refractivity contribution in [3.8, 4) is 0 Å². The van der Waals surface area contributed by atoms with Crippen molar-refractivity contribution in [2.24, 2.45) is 0 Å². The zero-order valence-electron chi connectivity index (χ0n) is 15.3.